The molecule has 0 fully saturated rings. The second kappa shape index (κ2) is 5.63. The summed E-state index contributed by atoms with van der Waals surface area (Å²) in [6.07, 6.45) is 0. The van der Waals surface area contributed by atoms with Gasteiger partial charge in [0.15, 0.2) is 0 Å². The second-order valence-electron chi connectivity index (χ2n) is 4.06. The highest BCUT2D eigenvalue weighted by Crippen LogP contribution is 2.27. The number of nitrogens with one attached hydrogen (secondary N) is 1. The summed E-state index contributed by atoms with van der Waals surface area (Å²) < 4.78 is 40.1. The lowest BCUT2D eigenvalue weighted by Crippen LogP contribution is -2.19. The van der Waals surface area contributed by atoms with Gasteiger partial charge in [-0.25, -0.2) is 13.2 Å². The molecule has 0 aromatic heterocycles. The third-order valence-electron chi connectivity index (χ3n) is 2.83. The molecule has 2 aromatic carbocycles. The van der Waals surface area contributed by atoms with Gasteiger partial charge in [-0.1, -0.05) is 17.7 Å². The molecule has 0 bridgehead atoms. The summed E-state index contributed by atoms with van der Waals surface area (Å²) in [6.45, 7) is 0. The van der Waals surface area contributed by atoms with Crippen LogP contribution in [0.4, 0.5) is 13.2 Å². The zero-order valence-electron chi connectivity index (χ0n) is 10.1. The largest absolute Gasteiger partial charge is 0.309 e. The molecule has 1 unspecified atom stereocenters. The minimum Gasteiger partial charge on any atom is -0.309 e. The van der Waals surface area contributed by atoms with Crippen molar-refractivity contribution in [3.63, 3.8) is 0 Å². The van der Waals surface area contributed by atoms with Crippen LogP contribution < -0.4 is 5.32 Å². The number of rotatable bonds is 3. The topological polar surface area (TPSA) is 12.0 Å². The molecule has 19 heavy (non-hydrogen) atoms. The van der Waals surface area contributed by atoms with Crippen LogP contribution in [0.3, 0.4) is 0 Å². The highest BCUT2D eigenvalue weighted by Gasteiger charge is 2.18. The molecule has 0 aliphatic heterocycles. The number of hydrogen-bond acceptors (Lipinski definition) is 1. The molecular weight excluding hydrogens is 275 g/mol. The summed E-state index contributed by atoms with van der Waals surface area (Å²) >= 11 is 5.70. The normalized spacial score (nSPS) is 12.5. The lowest BCUT2D eigenvalue weighted by atomic mass is 9.98. The van der Waals surface area contributed by atoms with Gasteiger partial charge in [0.25, 0.3) is 0 Å². The Balaban J connectivity index is 2.49. The average Bonchev–Trinajstić information content (AvgIpc) is 2.38. The maximum absolute atomic E-state index is 13.8. The van der Waals surface area contributed by atoms with Crippen LogP contribution in [-0.2, 0) is 0 Å². The zero-order valence-corrected chi connectivity index (χ0v) is 10.8. The van der Waals surface area contributed by atoms with E-state index in [0.717, 1.165) is 18.2 Å². The fraction of sp³-hybridized carbons (Fsp3) is 0.143. The van der Waals surface area contributed by atoms with Crippen LogP contribution in [0.1, 0.15) is 17.2 Å². The molecule has 5 heteroatoms. The Kier molecular flexibility index (Phi) is 4.12. The van der Waals surface area contributed by atoms with Crippen molar-refractivity contribution in [2.75, 3.05) is 7.05 Å². The van der Waals surface area contributed by atoms with Gasteiger partial charge in [-0.05, 0) is 42.9 Å². The Morgan fingerprint density at radius 3 is 2.32 bits per heavy atom. The van der Waals surface area contributed by atoms with Crippen LogP contribution in [0.15, 0.2) is 36.4 Å². The monoisotopic (exact) mass is 285 g/mol. The maximum atomic E-state index is 13.8. The molecule has 1 nitrogen and oxygen atoms in total. The molecule has 2 aromatic rings. The summed E-state index contributed by atoms with van der Waals surface area (Å²) in [5, 5.41) is 2.80. The molecule has 0 aliphatic carbocycles. The summed E-state index contributed by atoms with van der Waals surface area (Å²) in [7, 11) is 1.60. The first-order chi connectivity index (χ1) is 9.02. The molecule has 0 radical (unpaired) electrons. The van der Waals surface area contributed by atoms with Crippen molar-refractivity contribution in [2.45, 2.75) is 6.04 Å². The van der Waals surface area contributed by atoms with Gasteiger partial charge < -0.3 is 5.32 Å². The van der Waals surface area contributed by atoms with Crippen LogP contribution in [0.5, 0.6) is 0 Å². The molecule has 1 N–H and O–H groups in total. The summed E-state index contributed by atoms with van der Waals surface area (Å²) in [4.78, 5) is 0. The quantitative estimate of drug-likeness (QED) is 0.896. The standard InChI is InChI=1S/C14H11ClF3N/c1-19-14(8-2-4-13(18)11(15)6-8)10-7-9(16)3-5-12(10)17/h2-7,14,19H,1H3. The Hall–Kier alpha value is -1.52. The van der Waals surface area contributed by atoms with E-state index < -0.39 is 23.5 Å². The van der Waals surface area contributed by atoms with Crippen molar-refractivity contribution in [3.05, 3.63) is 70.0 Å². The number of halogens is 4. The third-order valence-corrected chi connectivity index (χ3v) is 3.12. The van der Waals surface area contributed by atoms with E-state index in [-0.39, 0.29) is 10.6 Å². The van der Waals surface area contributed by atoms with E-state index in [1.807, 2.05) is 0 Å². The van der Waals surface area contributed by atoms with Gasteiger partial charge in [-0.2, -0.15) is 0 Å². The van der Waals surface area contributed by atoms with Gasteiger partial charge in [-0.15, -0.1) is 0 Å². The number of benzene rings is 2. The van der Waals surface area contributed by atoms with Crippen LogP contribution in [0.25, 0.3) is 0 Å². The van der Waals surface area contributed by atoms with Crippen molar-refractivity contribution in [1.29, 1.82) is 0 Å². The minimum atomic E-state index is -0.603. The molecule has 0 aliphatic rings. The van der Waals surface area contributed by atoms with Crippen LogP contribution >= 0.6 is 11.6 Å². The van der Waals surface area contributed by atoms with Crippen molar-refractivity contribution in [1.82, 2.24) is 5.32 Å². The van der Waals surface area contributed by atoms with Gasteiger partial charge in [0.2, 0.25) is 0 Å². The van der Waals surface area contributed by atoms with Crippen molar-refractivity contribution < 1.29 is 13.2 Å². The molecule has 2 rings (SSSR count). The van der Waals surface area contributed by atoms with E-state index in [1.165, 1.54) is 18.2 Å². The molecule has 0 spiro atoms. The molecule has 100 valence electrons. The highest BCUT2D eigenvalue weighted by molar-refractivity contribution is 6.30. The van der Waals surface area contributed by atoms with Gasteiger partial charge in [0, 0.05) is 5.56 Å². The van der Waals surface area contributed by atoms with E-state index in [0.29, 0.717) is 5.56 Å². The van der Waals surface area contributed by atoms with Crippen LogP contribution in [0.2, 0.25) is 5.02 Å². The molecule has 0 amide bonds. The predicted octanol–water partition coefficient (Wildman–Crippen LogP) is 4.07. The van der Waals surface area contributed by atoms with E-state index in [1.54, 1.807) is 7.05 Å². The first-order valence-electron chi connectivity index (χ1n) is 5.60. The van der Waals surface area contributed by atoms with Gasteiger partial charge >= 0.3 is 0 Å². The molecule has 0 heterocycles. The Labute approximate surface area is 114 Å². The fourth-order valence-electron chi connectivity index (χ4n) is 1.93. The van der Waals surface area contributed by atoms with E-state index in [2.05, 4.69) is 5.32 Å². The summed E-state index contributed by atoms with van der Waals surface area (Å²) in [5.74, 6) is -1.63. The molecule has 1 atom stereocenters. The zero-order chi connectivity index (χ0) is 14.0. The fourth-order valence-corrected chi connectivity index (χ4v) is 2.12. The van der Waals surface area contributed by atoms with Crippen LogP contribution in [-0.4, -0.2) is 7.05 Å². The number of hydrogen-bond donors (Lipinski definition) is 1. The van der Waals surface area contributed by atoms with Crippen molar-refractivity contribution in [2.24, 2.45) is 0 Å². The molecule has 0 saturated carbocycles. The third kappa shape index (κ3) is 2.91. The highest BCUT2D eigenvalue weighted by atomic mass is 35.5. The van der Waals surface area contributed by atoms with Crippen LogP contribution in [0, 0.1) is 17.5 Å². The first kappa shape index (κ1) is 13.9. The summed E-state index contributed by atoms with van der Waals surface area (Å²) in [6, 6.07) is 6.67. The smallest absolute Gasteiger partial charge is 0.141 e. The average molecular weight is 286 g/mol. The van der Waals surface area contributed by atoms with Gasteiger partial charge in [0.05, 0.1) is 11.1 Å². The molecular formula is C14H11ClF3N. The lowest BCUT2D eigenvalue weighted by Gasteiger charge is -2.18. The van der Waals surface area contributed by atoms with E-state index in [9.17, 15) is 13.2 Å². The Morgan fingerprint density at radius 2 is 1.68 bits per heavy atom. The minimum absolute atomic E-state index is 0.0606. The Morgan fingerprint density at radius 1 is 1.00 bits per heavy atom. The van der Waals surface area contributed by atoms with E-state index >= 15 is 0 Å². The van der Waals surface area contributed by atoms with Crippen molar-refractivity contribution >= 4 is 11.6 Å². The SMILES string of the molecule is CNC(c1ccc(F)c(Cl)c1)c1cc(F)ccc1F. The Bertz CT molecular complexity index is 601. The van der Waals surface area contributed by atoms with E-state index in [4.69, 9.17) is 11.6 Å². The van der Waals surface area contributed by atoms with Gasteiger partial charge in [0.1, 0.15) is 17.5 Å². The van der Waals surface area contributed by atoms with Gasteiger partial charge in [-0.3, -0.25) is 0 Å². The maximum Gasteiger partial charge on any atom is 0.141 e. The van der Waals surface area contributed by atoms with Crippen molar-refractivity contribution in [3.8, 4) is 0 Å². The second-order valence-corrected chi connectivity index (χ2v) is 4.47. The molecule has 0 saturated heterocycles. The predicted molar refractivity (Wildman–Crippen MR) is 68.7 cm³/mol. The lowest BCUT2D eigenvalue weighted by molar-refractivity contribution is 0.557. The summed E-state index contributed by atoms with van der Waals surface area (Å²) in [5.41, 5.74) is 0.698. The first-order valence-corrected chi connectivity index (χ1v) is 5.98.